The van der Waals surface area contributed by atoms with E-state index in [0.29, 0.717) is 6.42 Å². The molecule has 12 heteroatoms. The predicted octanol–water partition coefficient (Wildman–Crippen LogP) is -0.873. The summed E-state index contributed by atoms with van der Waals surface area (Å²) in [5.41, 5.74) is -0.402. The highest BCUT2D eigenvalue weighted by Crippen LogP contribution is 2.55. The number of aromatic hydroxyl groups is 1. The third kappa shape index (κ3) is 5.17. The van der Waals surface area contributed by atoms with Crippen LogP contribution in [0.15, 0.2) is 36.1 Å². The molecule has 1 saturated carbocycles. The molecule has 0 radical (unpaired) electrons. The summed E-state index contributed by atoms with van der Waals surface area (Å²) in [6.07, 6.45) is -8.72. The van der Waals surface area contributed by atoms with E-state index in [9.17, 15) is 40.2 Å². The van der Waals surface area contributed by atoms with Crippen molar-refractivity contribution >= 4 is 11.8 Å². The standard InChI is InChI=1S/C26H34O12/c1-26(17(30)8-5-12-3-6-13(28)7-4-12)9-15(29)18-14(23(34)35-2)11-36-24(19(18)26)38-25-22(33)21(32)20(31)16(10-27)37-25/h3-4,6-7,11,15-16,18-22,24-25,27-29,31-33H,5,8-10H2,1-2H3/t15-,16-,18+,19-,20-,21+,22-,24+,25+,26-/m1/s1. The van der Waals surface area contributed by atoms with Gasteiger partial charge in [-0.25, -0.2) is 4.79 Å². The average molecular weight is 539 g/mol. The van der Waals surface area contributed by atoms with E-state index in [4.69, 9.17) is 18.9 Å². The van der Waals surface area contributed by atoms with Crippen LogP contribution in [-0.2, 0) is 35.0 Å². The van der Waals surface area contributed by atoms with Gasteiger partial charge in [0.05, 0.1) is 31.7 Å². The van der Waals surface area contributed by atoms with Crippen molar-refractivity contribution in [1.82, 2.24) is 0 Å². The first kappa shape index (κ1) is 28.4. The SMILES string of the molecule is COC(=O)C1=CO[C@@H](O[C@@H]2O[C@H](CO)[C@@H](O)[C@H](O)[C@H]2O)[C@H]2[C@@H]1[C@H](O)C[C@]2(C)C(=O)CCc1ccc(O)cc1. The Bertz CT molecular complexity index is 1040. The molecule has 1 aromatic rings. The number of phenolic OH excluding ortho intramolecular Hbond substituents is 1. The Hall–Kier alpha value is -2.58. The van der Waals surface area contributed by atoms with Crippen LogP contribution < -0.4 is 0 Å². The van der Waals surface area contributed by atoms with Gasteiger partial charge < -0.3 is 49.6 Å². The summed E-state index contributed by atoms with van der Waals surface area (Å²) < 4.78 is 21.9. The van der Waals surface area contributed by atoms with Crippen LogP contribution in [0.2, 0.25) is 0 Å². The Kier molecular flexibility index (Phi) is 8.43. The first-order valence-corrected chi connectivity index (χ1v) is 12.4. The Morgan fingerprint density at radius 1 is 1.05 bits per heavy atom. The number of carbonyl (C=O) groups is 2. The smallest absolute Gasteiger partial charge is 0.337 e. The third-order valence-electron chi connectivity index (χ3n) is 7.90. The average Bonchev–Trinajstić information content (AvgIpc) is 3.19. The fourth-order valence-corrected chi connectivity index (χ4v) is 5.74. The maximum absolute atomic E-state index is 13.7. The molecule has 1 aliphatic carbocycles. The van der Waals surface area contributed by atoms with Crippen LogP contribution in [-0.4, -0.2) is 99.2 Å². The summed E-state index contributed by atoms with van der Waals surface area (Å²) in [4.78, 5) is 26.2. The number of hydrogen-bond donors (Lipinski definition) is 6. The lowest BCUT2D eigenvalue weighted by molar-refractivity contribution is -0.344. The molecule has 2 heterocycles. The van der Waals surface area contributed by atoms with Crippen molar-refractivity contribution in [3.63, 3.8) is 0 Å². The highest BCUT2D eigenvalue weighted by molar-refractivity contribution is 5.91. The number of ether oxygens (including phenoxy) is 4. The highest BCUT2D eigenvalue weighted by atomic mass is 16.8. The molecule has 0 amide bonds. The molecule has 2 aliphatic heterocycles. The number of aliphatic hydroxyl groups is 5. The van der Waals surface area contributed by atoms with E-state index in [2.05, 4.69) is 0 Å². The summed E-state index contributed by atoms with van der Waals surface area (Å²) in [6.45, 7) is 0.980. The number of fused-ring (bicyclic) bond motifs is 1. The van der Waals surface area contributed by atoms with Gasteiger partial charge in [0.1, 0.15) is 35.9 Å². The van der Waals surface area contributed by atoms with Gasteiger partial charge in [-0.15, -0.1) is 0 Å². The second-order valence-corrected chi connectivity index (χ2v) is 10.2. The number of esters is 1. The fourth-order valence-electron chi connectivity index (χ4n) is 5.74. The van der Waals surface area contributed by atoms with Crippen LogP contribution in [0.4, 0.5) is 0 Å². The van der Waals surface area contributed by atoms with Gasteiger partial charge in [0.15, 0.2) is 6.29 Å². The Morgan fingerprint density at radius 3 is 2.37 bits per heavy atom. The summed E-state index contributed by atoms with van der Waals surface area (Å²) in [6, 6.07) is 6.43. The summed E-state index contributed by atoms with van der Waals surface area (Å²) >= 11 is 0. The molecule has 1 aromatic carbocycles. The second kappa shape index (κ2) is 11.3. The van der Waals surface area contributed by atoms with Gasteiger partial charge in [0.25, 0.3) is 0 Å². The molecule has 210 valence electrons. The van der Waals surface area contributed by atoms with E-state index in [1.165, 1.54) is 19.2 Å². The molecule has 0 spiro atoms. The molecule has 0 aromatic heterocycles. The number of rotatable bonds is 8. The van der Waals surface area contributed by atoms with Gasteiger partial charge in [-0.1, -0.05) is 19.1 Å². The van der Waals surface area contributed by atoms with Crippen LogP contribution in [0.25, 0.3) is 0 Å². The third-order valence-corrected chi connectivity index (χ3v) is 7.90. The van der Waals surface area contributed by atoms with Gasteiger partial charge in [0, 0.05) is 23.7 Å². The first-order valence-electron chi connectivity index (χ1n) is 12.4. The molecule has 4 rings (SSSR count). The van der Waals surface area contributed by atoms with E-state index in [0.717, 1.165) is 11.8 Å². The molecule has 6 N–H and O–H groups in total. The van der Waals surface area contributed by atoms with E-state index in [-0.39, 0.29) is 29.9 Å². The normalized spacial score (nSPS) is 38.6. The van der Waals surface area contributed by atoms with Crippen molar-refractivity contribution in [1.29, 1.82) is 0 Å². The first-order chi connectivity index (χ1) is 18.0. The van der Waals surface area contributed by atoms with Gasteiger partial charge in [-0.2, -0.15) is 0 Å². The minimum absolute atomic E-state index is 0.0109. The number of aryl methyl sites for hydroxylation is 1. The van der Waals surface area contributed by atoms with Crippen LogP contribution in [0.3, 0.4) is 0 Å². The van der Waals surface area contributed by atoms with Crippen LogP contribution in [0, 0.1) is 17.3 Å². The van der Waals surface area contributed by atoms with Crippen molar-refractivity contribution in [3.8, 4) is 5.75 Å². The number of hydrogen-bond acceptors (Lipinski definition) is 12. The quantitative estimate of drug-likeness (QED) is 0.224. The van der Waals surface area contributed by atoms with Crippen LogP contribution in [0.1, 0.15) is 25.3 Å². The fraction of sp³-hybridized carbons (Fsp3) is 0.615. The lowest BCUT2D eigenvalue weighted by Crippen LogP contribution is -2.60. The zero-order chi connectivity index (χ0) is 27.8. The van der Waals surface area contributed by atoms with E-state index < -0.39 is 72.9 Å². The second-order valence-electron chi connectivity index (χ2n) is 10.2. The van der Waals surface area contributed by atoms with Crippen LogP contribution >= 0.6 is 0 Å². The number of carbonyl (C=O) groups excluding carboxylic acids is 2. The maximum Gasteiger partial charge on any atom is 0.337 e. The topological polar surface area (TPSA) is 192 Å². The summed E-state index contributed by atoms with van der Waals surface area (Å²) in [7, 11) is 1.18. The Balaban J connectivity index is 1.62. The van der Waals surface area contributed by atoms with Crippen molar-refractivity contribution in [2.24, 2.45) is 17.3 Å². The highest BCUT2D eigenvalue weighted by Gasteiger charge is 2.62. The Labute approximate surface area is 219 Å². The lowest BCUT2D eigenvalue weighted by Gasteiger charge is -2.44. The van der Waals surface area contributed by atoms with Gasteiger partial charge in [0.2, 0.25) is 6.29 Å². The predicted molar refractivity (Wildman–Crippen MR) is 127 cm³/mol. The van der Waals surface area contributed by atoms with Crippen molar-refractivity contribution < 1.29 is 59.2 Å². The van der Waals surface area contributed by atoms with Crippen molar-refractivity contribution in [3.05, 3.63) is 41.7 Å². The maximum atomic E-state index is 13.7. The monoisotopic (exact) mass is 538 g/mol. The molecule has 38 heavy (non-hydrogen) atoms. The molecule has 1 saturated heterocycles. The zero-order valence-electron chi connectivity index (χ0n) is 21.0. The number of Topliss-reactive ketones (excluding diaryl/α,β-unsaturated/α-hetero) is 1. The van der Waals surface area contributed by atoms with Gasteiger partial charge >= 0.3 is 5.97 Å². The van der Waals surface area contributed by atoms with Crippen molar-refractivity contribution in [2.45, 2.75) is 69.3 Å². The molecular weight excluding hydrogens is 504 g/mol. The van der Waals surface area contributed by atoms with Crippen molar-refractivity contribution in [2.75, 3.05) is 13.7 Å². The number of benzene rings is 1. The largest absolute Gasteiger partial charge is 0.508 e. The number of phenols is 1. The molecule has 12 nitrogen and oxygen atoms in total. The molecule has 10 atom stereocenters. The molecule has 0 unspecified atom stereocenters. The number of methoxy groups -OCH3 is 1. The zero-order valence-corrected chi connectivity index (χ0v) is 21.0. The van der Waals surface area contributed by atoms with E-state index in [1.54, 1.807) is 19.1 Å². The van der Waals surface area contributed by atoms with Crippen LogP contribution in [0.5, 0.6) is 5.75 Å². The molecule has 2 fully saturated rings. The van der Waals surface area contributed by atoms with E-state index in [1.807, 2.05) is 0 Å². The number of ketones is 1. The van der Waals surface area contributed by atoms with Gasteiger partial charge in [-0.05, 0) is 30.5 Å². The number of aliphatic hydroxyl groups excluding tert-OH is 5. The molecule has 0 bridgehead atoms. The minimum atomic E-state index is -1.72. The lowest BCUT2D eigenvalue weighted by atomic mass is 9.70. The summed E-state index contributed by atoms with van der Waals surface area (Å²) in [5, 5.41) is 60.8. The van der Waals surface area contributed by atoms with E-state index >= 15 is 0 Å². The summed E-state index contributed by atoms with van der Waals surface area (Å²) in [5.74, 6) is -2.70. The molecule has 3 aliphatic rings. The minimum Gasteiger partial charge on any atom is -0.508 e. The van der Waals surface area contributed by atoms with Gasteiger partial charge in [-0.3, -0.25) is 4.79 Å². The molecular formula is C26H34O12. The Morgan fingerprint density at radius 2 is 1.74 bits per heavy atom.